The molecule has 0 amide bonds. The summed E-state index contributed by atoms with van der Waals surface area (Å²) in [6.45, 7) is 0.914. The minimum atomic E-state index is 0.451. The number of carbonyl (C=O) groups excluding carboxylic acids is 1. The number of benzene rings is 1. The van der Waals surface area contributed by atoms with Crippen molar-refractivity contribution >= 4 is 6.47 Å². The minimum Gasteiger partial charge on any atom is -0.468 e. The number of rotatable bonds is 4. The molecule has 0 heterocycles. The highest BCUT2D eigenvalue weighted by Crippen LogP contribution is 1.95. The molecule has 0 saturated heterocycles. The predicted molar refractivity (Wildman–Crippen MR) is 54.6 cm³/mol. The Hall–Kier alpha value is -1.75. The summed E-state index contributed by atoms with van der Waals surface area (Å²) in [5.74, 6) is 6.04. The molecule has 1 aromatic carbocycles. The van der Waals surface area contributed by atoms with Gasteiger partial charge in [0.05, 0.1) is 6.61 Å². The number of carbonyl (C=O) groups is 1. The van der Waals surface area contributed by atoms with E-state index >= 15 is 0 Å². The maximum atomic E-state index is 9.80. The molecule has 0 bridgehead atoms. The number of unbranched alkanes of at least 4 members (excludes halogenated alkanes) is 1. The van der Waals surface area contributed by atoms with Crippen LogP contribution >= 0.6 is 0 Å². The Labute approximate surface area is 83.9 Å². The first-order chi connectivity index (χ1) is 6.93. The second-order valence-corrected chi connectivity index (χ2v) is 2.74. The summed E-state index contributed by atoms with van der Waals surface area (Å²) in [5, 5.41) is 0. The number of ether oxygens (including phenoxy) is 1. The van der Waals surface area contributed by atoms with Gasteiger partial charge in [0.2, 0.25) is 0 Å². The monoisotopic (exact) mass is 188 g/mol. The molecular formula is C12H12O2. The average Bonchev–Trinajstić information content (AvgIpc) is 2.25. The van der Waals surface area contributed by atoms with E-state index in [-0.39, 0.29) is 0 Å². The Morgan fingerprint density at radius 2 is 2.07 bits per heavy atom. The van der Waals surface area contributed by atoms with Gasteiger partial charge >= 0.3 is 0 Å². The average molecular weight is 188 g/mol. The third kappa shape index (κ3) is 4.32. The van der Waals surface area contributed by atoms with E-state index in [1.54, 1.807) is 0 Å². The van der Waals surface area contributed by atoms with Crippen LogP contribution < -0.4 is 0 Å². The summed E-state index contributed by atoms with van der Waals surface area (Å²) in [6.07, 6.45) is 1.54. The van der Waals surface area contributed by atoms with Crippen molar-refractivity contribution in [3.63, 3.8) is 0 Å². The SMILES string of the molecule is O=COCCCC#Cc1ccccc1. The quantitative estimate of drug-likeness (QED) is 0.410. The Bertz CT molecular complexity index is 319. The molecule has 1 aromatic rings. The van der Waals surface area contributed by atoms with Crippen LogP contribution in [0.4, 0.5) is 0 Å². The Morgan fingerprint density at radius 1 is 1.29 bits per heavy atom. The highest BCUT2D eigenvalue weighted by Gasteiger charge is 1.84. The molecule has 14 heavy (non-hydrogen) atoms. The molecule has 0 N–H and O–H groups in total. The fourth-order valence-corrected chi connectivity index (χ4v) is 0.978. The van der Waals surface area contributed by atoms with Crippen LogP contribution in [0.5, 0.6) is 0 Å². The van der Waals surface area contributed by atoms with Crippen molar-refractivity contribution in [1.29, 1.82) is 0 Å². The molecule has 0 unspecified atom stereocenters. The van der Waals surface area contributed by atoms with E-state index in [0.29, 0.717) is 13.1 Å². The molecule has 0 aliphatic carbocycles. The lowest BCUT2D eigenvalue weighted by atomic mass is 10.2. The summed E-state index contributed by atoms with van der Waals surface area (Å²) in [4.78, 5) is 9.80. The van der Waals surface area contributed by atoms with Crippen LogP contribution in [-0.4, -0.2) is 13.1 Å². The van der Waals surface area contributed by atoms with Crippen LogP contribution in [-0.2, 0) is 9.53 Å². The van der Waals surface area contributed by atoms with Gasteiger partial charge < -0.3 is 4.74 Å². The van der Waals surface area contributed by atoms with Crippen molar-refractivity contribution in [3.05, 3.63) is 35.9 Å². The van der Waals surface area contributed by atoms with Crippen LogP contribution in [0.1, 0.15) is 18.4 Å². The lowest BCUT2D eigenvalue weighted by Gasteiger charge is -1.92. The molecule has 2 nitrogen and oxygen atoms in total. The van der Waals surface area contributed by atoms with Crippen LogP contribution in [0.25, 0.3) is 0 Å². The van der Waals surface area contributed by atoms with Gasteiger partial charge in [-0.1, -0.05) is 30.0 Å². The molecule has 2 heteroatoms. The van der Waals surface area contributed by atoms with Gasteiger partial charge in [0.15, 0.2) is 0 Å². The van der Waals surface area contributed by atoms with Crippen molar-refractivity contribution in [3.8, 4) is 11.8 Å². The summed E-state index contributed by atoms with van der Waals surface area (Å²) in [7, 11) is 0. The molecule has 0 aliphatic rings. The van der Waals surface area contributed by atoms with E-state index in [4.69, 9.17) is 0 Å². The third-order valence-electron chi connectivity index (χ3n) is 1.64. The zero-order valence-electron chi connectivity index (χ0n) is 7.90. The zero-order valence-corrected chi connectivity index (χ0v) is 7.90. The molecule has 0 fully saturated rings. The third-order valence-corrected chi connectivity index (χ3v) is 1.64. The first kappa shape index (κ1) is 10.3. The zero-order chi connectivity index (χ0) is 10.1. The fraction of sp³-hybridized carbons (Fsp3) is 0.250. The molecule has 0 aliphatic heterocycles. The van der Waals surface area contributed by atoms with Crippen LogP contribution in [0, 0.1) is 11.8 Å². The van der Waals surface area contributed by atoms with Gasteiger partial charge in [-0.3, -0.25) is 4.79 Å². The fourth-order valence-electron chi connectivity index (χ4n) is 0.978. The smallest absolute Gasteiger partial charge is 0.293 e. The molecule has 0 atom stereocenters. The lowest BCUT2D eigenvalue weighted by Crippen LogP contribution is -1.89. The van der Waals surface area contributed by atoms with Crippen molar-refractivity contribution in [2.24, 2.45) is 0 Å². The van der Waals surface area contributed by atoms with Crippen molar-refractivity contribution in [2.45, 2.75) is 12.8 Å². The maximum absolute atomic E-state index is 9.80. The van der Waals surface area contributed by atoms with E-state index in [1.807, 2.05) is 30.3 Å². The second-order valence-electron chi connectivity index (χ2n) is 2.74. The highest BCUT2D eigenvalue weighted by atomic mass is 16.5. The summed E-state index contributed by atoms with van der Waals surface area (Å²) in [6, 6.07) is 9.81. The predicted octanol–water partition coefficient (Wildman–Crippen LogP) is 1.99. The Morgan fingerprint density at radius 3 is 2.79 bits per heavy atom. The second kappa shape index (κ2) is 6.73. The van der Waals surface area contributed by atoms with Crippen molar-refractivity contribution in [1.82, 2.24) is 0 Å². The van der Waals surface area contributed by atoms with E-state index in [2.05, 4.69) is 16.6 Å². The van der Waals surface area contributed by atoms with Gasteiger partial charge in [-0.15, -0.1) is 0 Å². The van der Waals surface area contributed by atoms with Crippen LogP contribution in [0.2, 0.25) is 0 Å². The summed E-state index contributed by atoms with van der Waals surface area (Å²) < 4.78 is 4.54. The molecular weight excluding hydrogens is 176 g/mol. The van der Waals surface area contributed by atoms with Crippen molar-refractivity contribution in [2.75, 3.05) is 6.61 Å². The molecule has 72 valence electrons. The number of hydrogen-bond donors (Lipinski definition) is 0. The summed E-state index contributed by atoms with van der Waals surface area (Å²) in [5.41, 5.74) is 1.02. The van der Waals surface area contributed by atoms with Crippen LogP contribution in [0.3, 0.4) is 0 Å². The summed E-state index contributed by atoms with van der Waals surface area (Å²) >= 11 is 0. The Balaban J connectivity index is 2.24. The molecule has 0 spiro atoms. The molecule has 0 radical (unpaired) electrons. The first-order valence-corrected chi connectivity index (χ1v) is 4.52. The largest absolute Gasteiger partial charge is 0.468 e. The van der Waals surface area contributed by atoms with Gasteiger partial charge in [-0.05, 0) is 18.6 Å². The lowest BCUT2D eigenvalue weighted by molar-refractivity contribution is -0.128. The van der Waals surface area contributed by atoms with Gasteiger partial charge in [0.25, 0.3) is 6.47 Å². The molecule has 1 rings (SSSR count). The maximum Gasteiger partial charge on any atom is 0.293 e. The Kier molecular flexibility index (Phi) is 4.97. The first-order valence-electron chi connectivity index (χ1n) is 4.52. The van der Waals surface area contributed by atoms with Crippen molar-refractivity contribution < 1.29 is 9.53 Å². The standard InChI is InChI=1S/C12H12O2/c13-11-14-10-6-2-5-9-12-7-3-1-4-8-12/h1,3-4,7-8,11H,2,6,10H2. The van der Waals surface area contributed by atoms with Gasteiger partial charge in [0.1, 0.15) is 0 Å². The topological polar surface area (TPSA) is 26.3 Å². The molecule has 0 aromatic heterocycles. The van der Waals surface area contributed by atoms with E-state index < -0.39 is 0 Å². The van der Waals surface area contributed by atoms with E-state index in [0.717, 1.165) is 18.4 Å². The van der Waals surface area contributed by atoms with E-state index in [1.165, 1.54) is 0 Å². The van der Waals surface area contributed by atoms with E-state index in [9.17, 15) is 4.79 Å². The van der Waals surface area contributed by atoms with Crippen LogP contribution in [0.15, 0.2) is 30.3 Å². The number of hydrogen-bond acceptors (Lipinski definition) is 2. The minimum absolute atomic E-state index is 0.451. The van der Waals surface area contributed by atoms with Gasteiger partial charge in [0, 0.05) is 12.0 Å². The highest BCUT2D eigenvalue weighted by molar-refractivity contribution is 5.36. The van der Waals surface area contributed by atoms with Gasteiger partial charge in [-0.2, -0.15) is 0 Å². The molecule has 0 saturated carbocycles. The normalized spacial score (nSPS) is 8.57. The van der Waals surface area contributed by atoms with Gasteiger partial charge in [-0.25, -0.2) is 0 Å².